The van der Waals surface area contributed by atoms with Crippen molar-refractivity contribution in [3.05, 3.63) is 47.5 Å². The van der Waals surface area contributed by atoms with E-state index in [9.17, 15) is 4.79 Å². The van der Waals surface area contributed by atoms with Gasteiger partial charge in [-0.3, -0.25) is 4.79 Å². The molecule has 0 bridgehead atoms. The zero-order valence-corrected chi connectivity index (χ0v) is 11.9. The fraction of sp³-hybridized carbons (Fsp3) is 0.188. The molecule has 20 heavy (non-hydrogen) atoms. The minimum atomic E-state index is 0.575. The highest BCUT2D eigenvalue weighted by Crippen LogP contribution is 2.37. The number of aryl methyl sites for hydroxylation is 1. The van der Waals surface area contributed by atoms with Crippen LogP contribution in [-0.2, 0) is 0 Å². The summed E-state index contributed by atoms with van der Waals surface area (Å²) in [5.74, 6) is 1.54. The van der Waals surface area contributed by atoms with Crippen LogP contribution in [0, 0.1) is 6.92 Å². The second-order valence-corrected chi connectivity index (χ2v) is 5.68. The van der Waals surface area contributed by atoms with Gasteiger partial charge in [0.15, 0.2) is 17.8 Å². The number of benzene rings is 2. The Morgan fingerprint density at radius 3 is 2.65 bits per heavy atom. The quantitative estimate of drug-likeness (QED) is 0.805. The van der Waals surface area contributed by atoms with Gasteiger partial charge >= 0.3 is 0 Å². The van der Waals surface area contributed by atoms with Crippen LogP contribution in [0.25, 0.3) is 0 Å². The SMILES string of the molecule is Cc1ccc(Sc2ccc3c(c2)OCCO3)c(C=O)c1. The molecule has 1 aliphatic rings. The van der Waals surface area contributed by atoms with Crippen LogP contribution in [0.1, 0.15) is 15.9 Å². The largest absolute Gasteiger partial charge is 0.486 e. The molecule has 3 nitrogen and oxygen atoms in total. The van der Waals surface area contributed by atoms with Crippen LogP contribution in [0.3, 0.4) is 0 Å². The molecule has 0 fully saturated rings. The second-order valence-electron chi connectivity index (χ2n) is 4.57. The van der Waals surface area contributed by atoms with Crippen molar-refractivity contribution >= 4 is 18.0 Å². The Morgan fingerprint density at radius 2 is 1.85 bits per heavy atom. The third kappa shape index (κ3) is 2.65. The standard InChI is InChI=1S/C16H14O3S/c1-11-2-5-16(12(8-11)10-17)20-13-3-4-14-15(9-13)19-7-6-18-14/h2-5,8-10H,6-7H2,1H3. The predicted molar refractivity (Wildman–Crippen MR) is 78.1 cm³/mol. The minimum absolute atomic E-state index is 0.575. The molecule has 1 aliphatic heterocycles. The smallest absolute Gasteiger partial charge is 0.162 e. The van der Waals surface area contributed by atoms with Crippen molar-refractivity contribution in [1.29, 1.82) is 0 Å². The van der Waals surface area contributed by atoms with Crippen LogP contribution in [0.15, 0.2) is 46.2 Å². The summed E-state index contributed by atoms with van der Waals surface area (Å²) < 4.78 is 11.1. The number of rotatable bonds is 3. The van der Waals surface area contributed by atoms with Gasteiger partial charge in [-0.1, -0.05) is 23.4 Å². The van der Waals surface area contributed by atoms with Crippen molar-refractivity contribution in [2.75, 3.05) is 13.2 Å². The van der Waals surface area contributed by atoms with Crippen LogP contribution in [0.5, 0.6) is 11.5 Å². The Kier molecular flexibility index (Phi) is 3.65. The summed E-state index contributed by atoms with van der Waals surface area (Å²) >= 11 is 1.55. The van der Waals surface area contributed by atoms with E-state index in [0.717, 1.165) is 33.1 Å². The third-order valence-corrected chi connectivity index (χ3v) is 4.12. The van der Waals surface area contributed by atoms with Gasteiger partial charge in [0, 0.05) is 15.4 Å². The molecular formula is C16H14O3S. The molecule has 2 aromatic carbocycles. The van der Waals surface area contributed by atoms with Gasteiger partial charge in [0.1, 0.15) is 13.2 Å². The van der Waals surface area contributed by atoms with E-state index in [-0.39, 0.29) is 0 Å². The number of carbonyl (C=O) groups is 1. The number of carbonyl (C=O) groups excluding carboxylic acids is 1. The highest BCUT2D eigenvalue weighted by atomic mass is 32.2. The van der Waals surface area contributed by atoms with E-state index < -0.39 is 0 Å². The molecule has 0 saturated heterocycles. The molecular weight excluding hydrogens is 272 g/mol. The molecule has 0 aromatic heterocycles. The maximum atomic E-state index is 11.1. The van der Waals surface area contributed by atoms with Crippen LogP contribution >= 0.6 is 11.8 Å². The molecule has 0 atom stereocenters. The van der Waals surface area contributed by atoms with Crippen molar-refractivity contribution in [1.82, 2.24) is 0 Å². The van der Waals surface area contributed by atoms with Crippen LogP contribution in [0.2, 0.25) is 0 Å². The highest BCUT2D eigenvalue weighted by Gasteiger charge is 2.13. The molecule has 0 unspecified atom stereocenters. The van der Waals surface area contributed by atoms with E-state index >= 15 is 0 Å². The predicted octanol–water partition coefficient (Wildman–Crippen LogP) is 3.73. The molecule has 2 aromatic rings. The lowest BCUT2D eigenvalue weighted by Gasteiger charge is -2.18. The summed E-state index contributed by atoms with van der Waals surface area (Å²) in [7, 11) is 0. The molecule has 0 spiro atoms. The molecule has 0 aliphatic carbocycles. The first-order valence-corrected chi connectivity index (χ1v) is 7.21. The van der Waals surface area contributed by atoms with Gasteiger partial charge in [-0.15, -0.1) is 0 Å². The van der Waals surface area contributed by atoms with E-state index in [1.54, 1.807) is 11.8 Å². The van der Waals surface area contributed by atoms with E-state index in [1.807, 2.05) is 43.3 Å². The lowest BCUT2D eigenvalue weighted by atomic mass is 10.2. The number of ether oxygens (including phenoxy) is 2. The lowest BCUT2D eigenvalue weighted by molar-refractivity contribution is 0.112. The number of hydrogen-bond acceptors (Lipinski definition) is 4. The minimum Gasteiger partial charge on any atom is -0.486 e. The molecule has 0 N–H and O–H groups in total. The van der Waals surface area contributed by atoms with Crippen molar-refractivity contribution in [2.45, 2.75) is 16.7 Å². The molecule has 3 rings (SSSR count). The number of hydrogen-bond donors (Lipinski definition) is 0. The molecule has 4 heteroatoms. The Bertz CT molecular complexity index is 652. The van der Waals surface area contributed by atoms with Gasteiger partial charge < -0.3 is 9.47 Å². The van der Waals surface area contributed by atoms with Crippen LogP contribution < -0.4 is 9.47 Å². The maximum Gasteiger partial charge on any atom is 0.162 e. The van der Waals surface area contributed by atoms with E-state index in [2.05, 4.69) is 0 Å². The van der Waals surface area contributed by atoms with Crippen LogP contribution in [0.4, 0.5) is 0 Å². The third-order valence-electron chi connectivity index (χ3n) is 3.03. The maximum absolute atomic E-state index is 11.1. The average Bonchev–Trinajstić information content (AvgIpc) is 2.49. The topological polar surface area (TPSA) is 35.5 Å². The Balaban J connectivity index is 1.89. The van der Waals surface area contributed by atoms with Crippen LogP contribution in [-0.4, -0.2) is 19.5 Å². The average molecular weight is 286 g/mol. The van der Waals surface area contributed by atoms with Gasteiger partial charge in [0.2, 0.25) is 0 Å². The number of fused-ring (bicyclic) bond motifs is 1. The normalized spacial score (nSPS) is 13.1. The lowest BCUT2D eigenvalue weighted by Crippen LogP contribution is -2.15. The van der Waals surface area contributed by atoms with Crippen molar-refractivity contribution in [3.63, 3.8) is 0 Å². The van der Waals surface area contributed by atoms with Gasteiger partial charge in [0.25, 0.3) is 0 Å². The Labute approximate surface area is 121 Å². The monoisotopic (exact) mass is 286 g/mol. The van der Waals surface area contributed by atoms with Gasteiger partial charge in [-0.25, -0.2) is 0 Å². The van der Waals surface area contributed by atoms with Crippen molar-refractivity contribution < 1.29 is 14.3 Å². The van der Waals surface area contributed by atoms with E-state index in [0.29, 0.717) is 18.8 Å². The molecule has 0 radical (unpaired) electrons. The Morgan fingerprint density at radius 1 is 1.05 bits per heavy atom. The zero-order valence-electron chi connectivity index (χ0n) is 11.1. The first-order valence-electron chi connectivity index (χ1n) is 6.39. The molecule has 102 valence electrons. The van der Waals surface area contributed by atoms with Crippen molar-refractivity contribution in [3.8, 4) is 11.5 Å². The summed E-state index contributed by atoms with van der Waals surface area (Å²) in [6, 6.07) is 11.7. The molecule has 1 heterocycles. The first kappa shape index (κ1) is 13.1. The van der Waals surface area contributed by atoms with E-state index in [1.165, 1.54) is 0 Å². The number of aldehydes is 1. The molecule has 0 amide bonds. The molecule has 0 saturated carbocycles. The highest BCUT2D eigenvalue weighted by molar-refractivity contribution is 7.99. The summed E-state index contributed by atoms with van der Waals surface area (Å²) in [6.07, 6.45) is 0.896. The van der Waals surface area contributed by atoms with Gasteiger partial charge in [-0.2, -0.15) is 0 Å². The zero-order chi connectivity index (χ0) is 13.9. The van der Waals surface area contributed by atoms with E-state index in [4.69, 9.17) is 9.47 Å². The van der Waals surface area contributed by atoms with Crippen molar-refractivity contribution in [2.24, 2.45) is 0 Å². The summed E-state index contributed by atoms with van der Waals surface area (Å²) in [5.41, 5.74) is 1.79. The fourth-order valence-corrected chi connectivity index (χ4v) is 2.98. The first-order chi connectivity index (χ1) is 9.76. The van der Waals surface area contributed by atoms with Gasteiger partial charge in [-0.05, 0) is 37.3 Å². The summed E-state index contributed by atoms with van der Waals surface area (Å²) in [6.45, 7) is 3.14. The summed E-state index contributed by atoms with van der Waals surface area (Å²) in [4.78, 5) is 13.1. The van der Waals surface area contributed by atoms with Gasteiger partial charge in [0.05, 0.1) is 0 Å². The Hall–Kier alpha value is -1.94. The summed E-state index contributed by atoms with van der Waals surface area (Å²) in [5, 5.41) is 0. The fourth-order valence-electron chi connectivity index (χ4n) is 2.07. The second kappa shape index (κ2) is 5.59.